The molecule has 8 heteroatoms. The van der Waals surface area contributed by atoms with Crippen LogP contribution < -0.4 is 14.8 Å². The molecule has 1 fully saturated rings. The number of amides is 3. The van der Waals surface area contributed by atoms with Gasteiger partial charge in [-0.2, -0.15) is 0 Å². The molecule has 30 heavy (non-hydrogen) atoms. The van der Waals surface area contributed by atoms with E-state index < -0.39 is 6.03 Å². The van der Waals surface area contributed by atoms with Gasteiger partial charge in [0, 0.05) is 10.1 Å². The summed E-state index contributed by atoms with van der Waals surface area (Å²) in [5.74, 6) is 0.563. The average Bonchev–Trinajstić information content (AvgIpc) is 2.97. The minimum absolute atomic E-state index is 0.208. The zero-order chi connectivity index (χ0) is 21.7. The van der Waals surface area contributed by atoms with Crippen LogP contribution in [0.4, 0.5) is 4.79 Å². The third kappa shape index (κ3) is 5.26. The molecule has 2 aromatic rings. The van der Waals surface area contributed by atoms with Crippen LogP contribution in [0.15, 0.2) is 42.1 Å². The number of nitrogens with zero attached hydrogens (tertiary/aromatic N) is 1. The second-order valence-corrected chi connectivity index (χ2v) is 8.28. The molecule has 0 aromatic heterocycles. The number of nitrogens with one attached hydrogen (secondary N) is 1. The number of hydrogen-bond donors (Lipinski definition) is 1. The third-order valence-corrected chi connectivity index (χ3v) is 5.35. The highest BCUT2D eigenvalue weighted by molar-refractivity contribution is 14.1. The zero-order valence-corrected chi connectivity index (χ0v) is 19.6. The number of urea groups is 1. The van der Waals surface area contributed by atoms with E-state index in [1.54, 1.807) is 18.2 Å². The van der Waals surface area contributed by atoms with E-state index in [2.05, 4.69) is 27.9 Å². The van der Waals surface area contributed by atoms with E-state index >= 15 is 0 Å². The van der Waals surface area contributed by atoms with Crippen LogP contribution in [0.3, 0.4) is 0 Å². The molecule has 0 saturated carbocycles. The molecule has 0 spiro atoms. The SMILES string of the molecule is CCCN1C(=O)N/C(=C/c2cc(Cl)c(OCc3ccc(I)cc3)c(OCC)c2)C1=O. The van der Waals surface area contributed by atoms with Crippen molar-refractivity contribution in [3.05, 3.63) is 61.8 Å². The number of imide groups is 1. The Morgan fingerprint density at radius 2 is 1.87 bits per heavy atom. The van der Waals surface area contributed by atoms with Crippen LogP contribution in [0.5, 0.6) is 11.5 Å². The van der Waals surface area contributed by atoms with E-state index in [4.69, 9.17) is 21.1 Å². The van der Waals surface area contributed by atoms with E-state index in [0.29, 0.717) is 48.3 Å². The lowest BCUT2D eigenvalue weighted by atomic mass is 10.1. The molecule has 3 amide bonds. The second kappa shape index (κ2) is 10.2. The summed E-state index contributed by atoms with van der Waals surface area (Å²) in [5.41, 5.74) is 1.85. The van der Waals surface area contributed by atoms with Crippen LogP contribution in [0, 0.1) is 3.57 Å². The molecule has 3 rings (SSSR count). The Hall–Kier alpha value is -2.26. The first-order valence-electron chi connectivity index (χ1n) is 9.61. The molecule has 6 nitrogen and oxygen atoms in total. The van der Waals surface area contributed by atoms with Crippen molar-refractivity contribution in [1.82, 2.24) is 10.2 Å². The lowest BCUT2D eigenvalue weighted by Crippen LogP contribution is -2.31. The van der Waals surface area contributed by atoms with Gasteiger partial charge in [-0.3, -0.25) is 9.69 Å². The lowest BCUT2D eigenvalue weighted by molar-refractivity contribution is -0.122. The van der Waals surface area contributed by atoms with Gasteiger partial charge in [-0.15, -0.1) is 0 Å². The van der Waals surface area contributed by atoms with Gasteiger partial charge >= 0.3 is 6.03 Å². The fraction of sp³-hybridized carbons (Fsp3) is 0.273. The van der Waals surface area contributed by atoms with E-state index in [-0.39, 0.29) is 11.6 Å². The maximum absolute atomic E-state index is 12.4. The summed E-state index contributed by atoms with van der Waals surface area (Å²) in [6.07, 6.45) is 2.28. The molecule has 1 aliphatic heterocycles. The van der Waals surface area contributed by atoms with Crippen LogP contribution in [0.1, 0.15) is 31.4 Å². The third-order valence-electron chi connectivity index (χ3n) is 4.35. The minimum Gasteiger partial charge on any atom is -0.490 e. The smallest absolute Gasteiger partial charge is 0.329 e. The molecule has 1 heterocycles. The van der Waals surface area contributed by atoms with Crippen LogP contribution in [0.2, 0.25) is 5.02 Å². The highest BCUT2D eigenvalue weighted by atomic mass is 127. The van der Waals surface area contributed by atoms with Gasteiger partial charge in [0.1, 0.15) is 12.3 Å². The summed E-state index contributed by atoms with van der Waals surface area (Å²) in [4.78, 5) is 25.6. The Labute approximate surface area is 194 Å². The first kappa shape index (κ1) is 22.4. The summed E-state index contributed by atoms with van der Waals surface area (Å²) in [6, 6.07) is 11.0. The maximum atomic E-state index is 12.4. The quantitative estimate of drug-likeness (QED) is 0.283. The van der Waals surface area contributed by atoms with Gasteiger partial charge < -0.3 is 14.8 Å². The van der Waals surface area contributed by atoms with Crippen molar-refractivity contribution in [3.8, 4) is 11.5 Å². The Kier molecular flexibility index (Phi) is 7.60. The molecule has 0 atom stereocenters. The topological polar surface area (TPSA) is 67.9 Å². The summed E-state index contributed by atoms with van der Waals surface area (Å²) in [6.45, 7) is 4.92. The molecule has 2 aromatic carbocycles. The summed E-state index contributed by atoms with van der Waals surface area (Å²) < 4.78 is 12.8. The second-order valence-electron chi connectivity index (χ2n) is 6.62. The predicted molar refractivity (Wildman–Crippen MR) is 125 cm³/mol. The van der Waals surface area contributed by atoms with Gasteiger partial charge in [0.2, 0.25) is 0 Å². The van der Waals surface area contributed by atoms with Gasteiger partial charge in [0.05, 0.1) is 11.6 Å². The van der Waals surface area contributed by atoms with Gasteiger partial charge in [0.15, 0.2) is 11.5 Å². The summed E-state index contributed by atoms with van der Waals surface area (Å²) in [7, 11) is 0. The Bertz CT molecular complexity index is 976. The molecular weight excluding hydrogens is 519 g/mol. The molecule has 158 valence electrons. The van der Waals surface area contributed by atoms with Crippen molar-refractivity contribution in [3.63, 3.8) is 0 Å². The fourth-order valence-corrected chi connectivity index (χ4v) is 3.61. The van der Waals surface area contributed by atoms with Crippen molar-refractivity contribution in [2.24, 2.45) is 0 Å². The Balaban J connectivity index is 1.85. The van der Waals surface area contributed by atoms with E-state index in [1.165, 1.54) is 4.90 Å². The van der Waals surface area contributed by atoms with Crippen molar-refractivity contribution in [1.29, 1.82) is 0 Å². The first-order chi connectivity index (χ1) is 14.4. The first-order valence-corrected chi connectivity index (χ1v) is 11.1. The number of rotatable bonds is 8. The molecule has 0 unspecified atom stereocenters. The Morgan fingerprint density at radius 1 is 1.13 bits per heavy atom. The number of carbonyl (C=O) groups excluding carboxylic acids is 2. The zero-order valence-electron chi connectivity index (χ0n) is 16.7. The predicted octanol–water partition coefficient (Wildman–Crippen LogP) is 5.23. The van der Waals surface area contributed by atoms with Crippen LogP contribution in [-0.2, 0) is 11.4 Å². The number of carbonyl (C=O) groups is 2. The molecule has 0 radical (unpaired) electrons. The summed E-state index contributed by atoms with van der Waals surface area (Å²) >= 11 is 8.72. The standard InChI is InChI=1S/C22H22ClIN2O4/c1-3-9-26-21(27)18(25-22(26)28)11-15-10-17(23)20(19(12-15)29-4-2)30-13-14-5-7-16(24)8-6-14/h5-8,10-12H,3-4,9,13H2,1-2H3,(H,25,28)/b18-11+. The fourth-order valence-electron chi connectivity index (χ4n) is 2.98. The summed E-state index contributed by atoms with van der Waals surface area (Å²) in [5, 5.41) is 2.97. The minimum atomic E-state index is -0.415. The highest BCUT2D eigenvalue weighted by Gasteiger charge is 2.32. The van der Waals surface area contributed by atoms with Crippen LogP contribution in [0.25, 0.3) is 6.08 Å². The normalized spacial score (nSPS) is 14.9. The molecule has 1 N–H and O–H groups in total. The monoisotopic (exact) mass is 540 g/mol. The maximum Gasteiger partial charge on any atom is 0.329 e. The van der Waals surface area contributed by atoms with Gasteiger partial charge in [-0.1, -0.05) is 30.7 Å². The van der Waals surface area contributed by atoms with Gasteiger partial charge in [-0.05, 0) is 77.4 Å². The van der Waals surface area contributed by atoms with Crippen LogP contribution >= 0.6 is 34.2 Å². The molecule has 1 saturated heterocycles. The van der Waals surface area contributed by atoms with Crippen molar-refractivity contribution < 1.29 is 19.1 Å². The van der Waals surface area contributed by atoms with Crippen molar-refractivity contribution in [2.45, 2.75) is 26.9 Å². The number of halogens is 2. The van der Waals surface area contributed by atoms with Gasteiger partial charge in [0.25, 0.3) is 5.91 Å². The van der Waals surface area contributed by atoms with Crippen molar-refractivity contribution in [2.75, 3.05) is 13.2 Å². The molecule has 0 aliphatic carbocycles. The van der Waals surface area contributed by atoms with Crippen LogP contribution in [-0.4, -0.2) is 30.0 Å². The lowest BCUT2D eigenvalue weighted by Gasteiger charge is -2.15. The highest BCUT2D eigenvalue weighted by Crippen LogP contribution is 2.38. The molecule has 0 bridgehead atoms. The number of ether oxygens (including phenoxy) is 2. The number of benzene rings is 2. The van der Waals surface area contributed by atoms with Crippen molar-refractivity contribution >= 4 is 52.2 Å². The van der Waals surface area contributed by atoms with E-state index in [0.717, 1.165) is 9.13 Å². The van der Waals surface area contributed by atoms with E-state index in [9.17, 15) is 9.59 Å². The number of hydrogen-bond acceptors (Lipinski definition) is 4. The van der Waals surface area contributed by atoms with Gasteiger partial charge in [-0.25, -0.2) is 4.79 Å². The molecule has 1 aliphatic rings. The average molecular weight is 541 g/mol. The molecular formula is C22H22ClIN2O4. The largest absolute Gasteiger partial charge is 0.490 e. The Morgan fingerprint density at radius 3 is 2.53 bits per heavy atom. The van der Waals surface area contributed by atoms with E-state index in [1.807, 2.05) is 38.1 Å².